The van der Waals surface area contributed by atoms with E-state index in [2.05, 4.69) is 9.47 Å². The Balaban J connectivity index is 4.85. The van der Waals surface area contributed by atoms with Gasteiger partial charge in [-0.3, -0.25) is 4.74 Å². The average Bonchev–Trinajstić information content (AvgIpc) is 2.14. The lowest BCUT2D eigenvalue weighted by atomic mass is 10.4. The van der Waals surface area contributed by atoms with E-state index in [1.807, 2.05) is 0 Å². The van der Waals surface area contributed by atoms with Gasteiger partial charge in [-0.05, 0) is 0 Å². The summed E-state index contributed by atoms with van der Waals surface area (Å²) in [6, 6.07) is 0. The maximum atomic E-state index is 12.3. The molecule has 0 fully saturated rings. The van der Waals surface area contributed by atoms with E-state index in [0.29, 0.717) is 0 Å². The van der Waals surface area contributed by atoms with Gasteiger partial charge in [0, 0.05) is 0 Å². The van der Waals surface area contributed by atoms with Crippen LogP contribution in [0.5, 0.6) is 0 Å². The molecule has 0 spiro atoms. The maximum absolute atomic E-state index is 12.3. The third-order valence-corrected chi connectivity index (χ3v) is 1.34. The topological polar surface area (TPSA) is 18.5 Å². The van der Waals surface area contributed by atoms with Crippen LogP contribution < -0.4 is 0 Å². The van der Waals surface area contributed by atoms with Gasteiger partial charge >= 0.3 is 18.3 Å². The van der Waals surface area contributed by atoms with Gasteiger partial charge in [-0.1, -0.05) is 0 Å². The zero-order valence-corrected chi connectivity index (χ0v) is 7.71. The highest BCUT2D eigenvalue weighted by molar-refractivity contribution is 4.73. The molecule has 0 aromatic carbocycles. The van der Waals surface area contributed by atoms with Crippen molar-refractivity contribution in [3.63, 3.8) is 0 Å². The molecule has 0 aliphatic rings. The van der Waals surface area contributed by atoms with Gasteiger partial charge in [0.1, 0.15) is 6.67 Å². The number of hydrogen-bond acceptors (Lipinski definition) is 2. The lowest BCUT2D eigenvalue weighted by Gasteiger charge is -2.28. The molecule has 0 heterocycles. The van der Waals surface area contributed by atoms with Crippen LogP contribution in [0.3, 0.4) is 0 Å². The summed E-state index contributed by atoms with van der Waals surface area (Å²) in [7, 11) is 0. The van der Waals surface area contributed by atoms with Gasteiger partial charge in [0.2, 0.25) is 6.17 Å². The molecule has 0 radical (unpaired) electrons. The molecule has 0 saturated heterocycles. The molecule has 1 unspecified atom stereocenters. The zero-order valence-electron chi connectivity index (χ0n) is 7.71. The van der Waals surface area contributed by atoms with Crippen LogP contribution in [0.1, 0.15) is 0 Å². The number of alkyl halides is 9. The minimum Gasteiger partial charge on any atom is -0.281 e. The average molecular weight is 280 g/mol. The molecule has 0 N–H and O–H groups in total. The van der Waals surface area contributed by atoms with Crippen molar-refractivity contribution in [1.82, 2.24) is 0 Å². The van der Waals surface area contributed by atoms with Crippen LogP contribution in [0.15, 0.2) is 0 Å². The third kappa shape index (κ3) is 3.91. The molecule has 0 rings (SSSR count). The van der Waals surface area contributed by atoms with Gasteiger partial charge in [-0.2, -0.15) is 26.3 Å². The lowest BCUT2D eigenvalue weighted by molar-refractivity contribution is -0.490. The summed E-state index contributed by atoms with van der Waals surface area (Å²) in [5.74, 6) is 0. The maximum Gasteiger partial charge on any atom is 0.453 e. The fourth-order valence-corrected chi connectivity index (χ4v) is 0.537. The Bertz CT molecular complexity index is 244. The first kappa shape index (κ1) is 16.3. The van der Waals surface area contributed by atoms with Gasteiger partial charge in [0.15, 0.2) is 6.86 Å². The highest BCUT2D eigenvalue weighted by atomic mass is 19.3. The zero-order chi connectivity index (χ0) is 13.9. The van der Waals surface area contributed by atoms with Crippen LogP contribution in [0.25, 0.3) is 0 Å². The second-order valence-corrected chi connectivity index (χ2v) is 2.57. The summed E-state index contributed by atoms with van der Waals surface area (Å²) in [6.07, 6.45) is -21.2. The number of hydrogen-bond donors (Lipinski definition) is 0. The summed E-state index contributed by atoms with van der Waals surface area (Å²) >= 11 is 0. The third-order valence-electron chi connectivity index (χ3n) is 1.34. The highest BCUT2D eigenvalue weighted by Crippen LogP contribution is 2.41. The first-order valence-electron chi connectivity index (χ1n) is 3.73. The van der Waals surface area contributed by atoms with E-state index in [1.54, 1.807) is 0 Å². The molecular formula is C6H5F9O2. The largest absolute Gasteiger partial charge is 0.453 e. The Hall–Kier alpha value is -0.710. The van der Waals surface area contributed by atoms with Gasteiger partial charge in [0.25, 0.3) is 0 Å². The first-order chi connectivity index (χ1) is 7.50. The molecule has 1 atom stereocenters. The van der Waals surface area contributed by atoms with Crippen molar-refractivity contribution < 1.29 is 49.0 Å². The van der Waals surface area contributed by atoms with Gasteiger partial charge in [-0.15, -0.1) is 0 Å². The van der Waals surface area contributed by atoms with Crippen molar-refractivity contribution in [3.8, 4) is 0 Å². The van der Waals surface area contributed by atoms with E-state index in [1.165, 1.54) is 0 Å². The predicted molar refractivity (Wildman–Crippen MR) is 33.9 cm³/mol. The van der Waals surface area contributed by atoms with Crippen molar-refractivity contribution in [2.75, 3.05) is 13.5 Å². The summed E-state index contributed by atoms with van der Waals surface area (Å²) in [4.78, 5) is 0. The molecule has 0 amide bonds. The summed E-state index contributed by atoms with van der Waals surface area (Å²) in [5.41, 5.74) is 0. The monoisotopic (exact) mass is 280 g/mol. The summed E-state index contributed by atoms with van der Waals surface area (Å²) in [6.45, 7) is -4.88. The van der Waals surface area contributed by atoms with Crippen LogP contribution in [0.4, 0.5) is 39.5 Å². The van der Waals surface area contributed by atoms with Crippen LogP contribution in [-0.2, 0) is 9.47 Å². The van der Waals surface area contributed by atoms with Crippen LogP contribution in [0.2, 0.25) is 0 Å². The molecule has 17 heavy (non-hydrogen) atoms. The quantitative estimate of drug-likeness (QED) is 0.667. The van der Waals surface area contributed by atoms with E-state index >= 15 is 0 Å². The Morgan fingerprint density at radius 3 is 1.71 bits per heavy atom. The Kier molecular flexibility index (Phi) is 5.07. The fraction of sp³-hybridized carbons (Fsp3) is 1.00. The molecular weight excluding hydrogens is 275 g/mol. The smallest absolute Gasteiger partial charge is 0.281 e. The van der Waals surface area contributed by atoms with Crippen molar-refractivity contribution in [2.24, 2.45) is 0 Å². The Morgan fingerprint density at radius 1 is 0.882 bits per heavy atom. The summed E-state index contributed by atoms with van der Waals surface area (Å²) in [5, 5.41) is 0. The molecule has 11 heteroatoms. The normalized spacial score (nSPS) is 16.1. The Morgan fingerprint density at radius 2 is 1.35 bits per heavy atom. The van der Waals surface area contributed by atoms with E-state index in [-0.39, 0.29) is 0 Å². The predicted octanol–water partition coefficient (Wildman–Crippen LogP) is 3.03. The molecule has 0 bridgehead atoms. The lowest BCUT2D eigenvalue weighted by Crippen LogP contribution is -2.51. The highest BCUT2D eigenvalue weighted by Gasteiger charge is 2.65. The van der Waals surface area contributed by atoms with Crippen molar-refractivity contribution in [3.05, 3.63) is 0 Å². The fourth-order valence-electron chi connectivity index (χ4n) is 0.537. The minimum atomic E-state index is -6.04. The number of rotatable bonds is 7. The minimum absolute atomic E-state index is 2.17. The number of halogens is 9. The Labute approximate surface area is 88.3 Å². The van der Waals surface area contributed by atoms with E-state index in [4.69, 9.17) is 0 Å². The van der Waals surface area contributed by atoms with E-state index in [0.717, 1.165) is 0 Å². The molecule has 2 nitrogen and oxygen atoms in total. The first-order valence-corrected chi connectivity index (χ1v) is 3.73. The van der Waals surface area contributed by atoms with Crippen molar-refractivity contribution in [1.29, 1.82) is 0 Å². The second kappa shape index (κ2) is 5.29. The SMILES string of the molecule is FCOC(F)(F)C(F)(F)OC(F)(F)C(F)CF. The van der Waals surface area contributed by atoms with Gasteiger partial charge in [-0.25, -0.2) is 17.9 Å². The summed E-state index contributed by atoms with van der Waals surface area (Å²) < 4.78 is 113. The second-order valence-electron chi connectivity index (χ2n) is 2.57. The van der Waals surface area contributed by atoms with Crippen LogP contribution >= 0.6 is 0 Å². The standard InChI is InChI=1S/C6H5F9O2/c7-1-3(9)4(10,11)17-6(14,15)5(12,13)16-2-8/h3H,1-2H2. The molecule has 0 aliphatic carbocycles. The van der Waals surface area contributed by atoms with Crippen molar-refractivity contribution >= 4 is 0 Å². The molecule has 0 aromatic heterocycles. The van der Waals surface area contributed by atoms with Crippen LogP contribution in [-0.4, -0.2) is 38.0 Å². The molecule has 0 aliphatic heterocycles. The number of ether oxygens (including phenoxy) is 2. The molecule has 0 saturated carbocycles. The van der Waals surface area contributed by atoms with E-state index in [9.17, 15) is 39.5 Å². The van der Waals surface area contributed by atoms with E-state index < -0.39 is 38.0 Å². The van der Waals surface area contributed by atoms with Crippen LogP contribution in [0, 0.1) is 0 Å². The molecule has 0 aromatic rings. The van der Waals surface area contributed by atoms with Crippen molar-refractivity contribution in [2.45, 2.75) is 24.5 Å². The molecule has 104 valence electrons. The van der Waals surface area contributed by atoms with Gasteiger partial charge in [0.05, 0.1) is 0 Å². The van der Waals surface area contributed by atoms with Gasteiger partial charge < -0.3 is 0 Å².